The number of carbonyl (C=O) groups is 1. The molecule has 1 aliphatic heterocycles. The van der Waals surface area contributed by atoms with Crippen LogP contribution in [-0.4, -0.2) is 46.8 Å². The Hall–Kier alpha value is -0.610. The molecule has 0 amide bonds. The molecular formula is C15H27NO3. The lowest BCUT2D eigenvalue weighted by atomic mass is 9.87. The summed E-state index contributed by atoms with van der Waals surface area (Å²) in [4.78, 5) is 13.3. The average Bonchev–Trinajstić information content (AvgIpc) is 2.77. The normalized spacial score (nSPS) is 27.8. The van der Waals surface area contributed by atoms with E-state index in [0.29, 0.717) is 6.04 Å². The topological polar surface area (TPSA) is 49.8 Å². The van der Waals surface area contributed by atoms with Gasteiger partial charge in [0.1, 0.15) is 0 Å². The highest BCUT2D eigenvalue weighted by Crippen LogP contribution is 2.41. The molecule has 1 spiro atoms. The van der Waals surface area contributed by atoms with Crippen molar-refractivity contribution in [3.63, 3.8) is 0 Å². The number of rotatable bonds is 5. The molecule has 2 unspecified atom stereocenters. The zero-order chi connectivity index (χ0) is 13.9. The van der Waals surface area contributed by atoms with Gasteiger partial charge in [0.25, 0.3) is 0 Å². The Morgan fingerprint density at radius 1 is 1.47 bits per heavy atom. The van der Waals surface area contributed by atoms with Gasteiger partial charge >= 0.3 is 5.97 Å². The highest BCUT2D eigenvalue weighted by molar-refractivity contribution is 5.67. The Kier molecular flexibility index (Phi) is 4.85. The maximum atomic E-state index is 10.9. The fourth-order valence-corrected chi connectivity index (χ4v) is 3.95. The van der Waals surface area contributed by atoms with E-state index in [1.54, 1.807) is 0 Å². The number of hydrogen-bond donors (Lipinski definition) is 1. The molecule has 2 aliphatic rings. The summed E-state index contributed by atoms with van der Waals surface area (Å²) in [6, 6.07) is 0.607. The molecule has 2 rings (SSSR count). The Labute approximate surface area is 116 Å². The molecule has 4 nitrogen and oxygen atoms in total. The van der Waals surface area contributed by atoms with E-state index in [2.05, 4.69) is 11.8 Å². The van der Waals surface area contributed by atoms with Crippen molar-refractivity contribution in [3.05, 3.63) is 0 Å². The molecule has 0 aromatic heterocycles. The smallest absolute Gasteiger partial charge is 0.304 e. The van der Waals surface area contributed by atoms with Crippen LogP contribution in [0, 0.1) is 0 Å². The third kappa shape index (κ3) is 3.48. The van der Waals surface area contributed by atoms with Gasteiger partial charge in [-0.15, -0.1) is 0 Å². The van der Waals surface area contributed by atoms with Crippen molar-refractivity contribution in [1.82, 2.24) is 4.90 Å². The fourth-order valence-electron chi connectivity index (χ4n) is 3.95. The first kappa shape index (κ1) is 14.8. The summed E-state index contributed by atoms with van der Waals surface area (Å²) in [5.41, 5.74) is 0.110. The molecule has 0 aromatic rings. The lowest BCUT2D eigenvalue weighted by molar-refractivity contribution is -0.139. The molecule has 0 bridgehead atoms. The first-order valence-corrected chi connectivity index (χ1v) is 7.68. The predicted molar refractivity (Wildman–Crippen MR) is 74.3 cm³/mol. The molecule has 1 N–H and O–H groups in total. The van der Waals surface area contributed by atoms with Crippen molar-refractivity contribution in [2.75, 3.05) is 13.2 Å². The van der Waals surface area contributed by atoms with Gasteiger partial charge in [-0.25, -0.2) is 0 Å². The van der Waals surface area contributed by atoms with Crippen molar-refractivity contribution in [2.45, 2.75) is 76.5 Å². The molecule has 2 atom stereocenters. The summed E-state index contributed by atoms with van der Waals surface area (Å²) in [7, 11) is 0. The lowest BCUT2D eigenvalue weighted by Crippen LogP contribution is -2.50. The third-order valence-electron chi connectivity index (χ3n) is 4.85. The summed E-state index contributed by atoms with van der Waals surface area (Å²) in [5, 5.41) is 8.98. The van der Waals surface area contributed by atoms with Crippen molar-refractivity contribution in [3.8, 4) is 0 Å². The zero-order valence-corrected chi connectivity index (χ0v) is 12.2. The highest BCUT2D eigenvalue weighted by atomic mass is 16.5. The van der Waals surface area contributed by atoms with Gasteiger partial charge in [-0.2, -0.15) is 0 Å². The Bertz CT molecular complexity index is 313. The molecule has 1 heterocycles. The summed E-state index contributed by atoms with van der Waals surface area (Å²) >= 11 is 0. The van der Waals surface area contributed by atoms with E-state index >= 15 is 0 Å². The van der Waals surface area contributed by atoms with Crippen LogP contribution in [0.15, 0.2) is 0 Å². The Balaban J connectivity index is 1.99. The average molecular weight is 269 g/mol. The first-order valence-electron chi connectivity index (χ1n) is 7.68. The van der Waals surface area contributed by atoms with E-state index in [9.17, 15) is 4.79 Å². The first-order chi connectivity index (χ1) is 9.06. The minimum absolute atomic E-state index is 0.110. The highest BCUT2D eigenvalue weighted by Gasteiger charge is 2.41. The van der Waals surface area contributed by atoms with Gasteiger partial charge < -0.3 is 9.84 Å². The predicted octanol–water partition coefficient (Wildman–Crippen LogP) is 2.66. The summed E-state index contributed by atoms with van der Waals surface area (Å²) in [6.07, 6.45) is 7.30. The van der Waals surface area contributed by atoms with Gasteiger partial charge in [0.05, 0.1) is 12.0 Å². The van der Waals surface area contributed by atoms with Crippen LogP contribution in [-0.2, 0) is 9.53 Å². The van der Waals surface area contributed by atoms with Crippen LogP contribution in [0.25, 0.3) is 0 Å². The van der Waals surface area contributed by atoms with Gasteiger partial charge in [0, 0.05) is 18.7 Å². The number of carboxylic acids is 1. The van der Waals surface area contributed by atoms with Gasteiger partial charge in [0.15, 0.2) is 0 Å². The van der Waals surface area contributed by atoms with Gasteiger partial charge in [-0.1, -0.05) is 19.8 Å². The molecule has 1 saturated heterocycles. The van der Waals surface area contributed by atoms with Crippen molar-refractivity contribution in [2.24, 2.45) is 0 Å². The maximum absolute atomic E-state index is 10.9. The van der Waals surface area contributed by atoms with Crippen LogP contribution in [0.1, 0.15) is 58.8 Å². The van der Waals surface area contributed by atoms with Crippen molar-refractivity contribution in [1.29, 1.82) is 0 Å². The molecule has 110 valence electrons. The van der Waals surface area contributed by atoms with Crippen LogP contribution in [0.2, 0.25) is 0 Å². The zero-order valence-electron chi connectivity index (χ0n) is 12.2. The summed E-state index contributed by atoms with van der Waals surface area (Å²) in [5.74, 6) is -0.700. The SMILES string of the molecule is CCN(C(C)CC(=O)O)C1CCOC2(CCCC2)C1. The van der Waals surface area contributed by atoms with Gasteiger partial charge in [-0.05, 0) is 39.2 Å². The third-order valence-corrected chi connectivity index (χ3v) is 4.85. The maximum Gasteiger partial charge on any atom is 0.304 e. The largest absolute Gasteiger partial charge is 0.481 e. The number of carboxylic acid groups (broad SMARTS) is 1. The van der Waals surface area contributed by atoms with E-state index in [1.165, 1.54) is 25.7 Å². The van der Waals surface area contributed by atoms with Crippen molar-refractivity contribution < 1.29 is 14.6 Å². The lowest BCUT2D eigenvalue weighted by Gasteiger charge is -2.44. The molecule has 4 heteroatoms. The van der Waals surface area contributed by atoms with E-state index in [-0.39, 0.29) is 18.1 Å². The van der Waals surface area contributed by atoms with Crippen LogP contribution in [0.4, 0.5) is 0 Å². The monoisotopic (exact) mass is 269 g/mol. The Morgan fingerprint density at radius 3 is 2.74 bits per heavy atom. The molecule has 2 fully saturated rings. The minimum Gasteiger partial charge on any atom is -0.481 e. The van der Waals surface area contributed by atoms with E-state index in [4.69, 9.17) is 9.84 Å². The van der Waals surface area contributed by atoms with Gasteiger partial charge in [0.2, 0.25) is 0 Å². The molecule has 1 saturated carbocycles. The van der Waals surface area contributed by atoms with E-state index in [1.807, 2.05) is 6.92 Å². The fraction of sp³-hybridized carbons (Fsp3) is 0.933. The van der Waals surface area contributed by atoms with Crippen LogP contribution < -0.4 is 0 Å². The van der Waals surface area contributed by atoms with E-state index < -0.39 is 5.97 Å². The summed E-state index contributed by atoms with van der Waals surface area (Å²) < 4.78 is 6.07. The molecular weight excluding hydrogens is 242 g/mol. The molecule has 19 heavy (non-hydrogen) atoms. The van der Waals surface area contributed by atoms with Crippen LogP contribution >= 0.6 is 0 Å². The quantitative estimate of drug-likeness (QED) is 0.833. The standard InChI is InChI=1S/C15H27NO3/c1-3-16(12(2)10-14(17)18)13-6-9-19-15(11-13)7-4-5-8-15/h12-13H,3-11H2,1-2H3,(H,17,18). The number of hydrogen-bond acceptors (Lipinski definition) is 3. The van der Waals surface area contributed by atoms with Crippen LogP contribution in [0.5, 0.6) is 0 Å². The molecule has 0 aromatic carbocycles. The second kappa shape index (κ2) is 6.23. The number of ether oxygens (including phenoxy) is 1. The summed E-state index contributed by atoms with van der Waals surface area (Å²) in [6.45, 7) is 5.93. The van der Waals surface area contributed by atoms with Crippen LogP contribution in [0.3, 0.4) is 0 Å². The minimum atomic E-state index is -0.700. The second-order valence-corrected chi connectivity index (χ2v) is 6.16. The van der Waals surface area contributed by atoms with Gasteiger partial charge in [-0.3, -0.25) is 9.69 Å². The van der Waals surface area contributed by atoms with E-state index in [0.717, 1.165) is 26.0 Å². The molecule has 1 aliphatic carbocycles. The number of nitrogens with zero attached hydrogens (tertiary/aromatic N) is 1. The van der Waals surface area contributed by atoms with Crippen molar-refractivity contribution >= 4 is 5.97 Å². The molecule has 0 radical (unpaired) electrons. The Morgan fingerprint density at radius 2 is 2.16 bits per heavy atom. The number of aliphatic carboxylic acids is 1. The second-order valence-electron chi connectivity index (χ2n) is 6.16.